The lowest BCUT2D eigenvalue weighted by Gasteiger charge is -2.67. The molecular weight excluding hydrogens is 432 g/mol. The first-order valence-corrected chi connectivity index (χ1v) is 14.6. The highest BCUT2D eigenvalue weighted by Gasteiger charge is 2.71. The number of aliphatic hydroxyl groups excluding tert-OH is 2. The van der Waals surface area contributed by atoms with E-state index in [0.717, 1.165) is 32.1 Å². The van der Waals surface area contributed by atoms with Crippen LogP contribution in [0.2, 0.25) is 0 Å². The summed E-state index contributed by atoms with van der Waals surface area (Å²) in [5.74, 6) is 1.72. The van der Waals surface area contributed by atoms with Crippen LogP contribution < -0.4 is 0 Å². The number of fused-ring (bicyclic) bond motifs is 5. The van der Waals surface area contributed by atoms with Gasteiger partial charge < -0.3 is 14.9 Å². The van der Waals surface area contributed by atoms with Crippen molar-refractivity contribution in [3.05, 3.63) is 23.3 Å². The highest BCUT2D eigenvalue weighted by molar-refractivity contribution is 5.33. The molecule has 4 aliphatic carbocycles. The molecular formula is C32H54O3. The lowest BCUT2D eigenvalue weighted by atomic mass is 9.38. The summed E-state index contributed by atoms with van der Waals surface area (Å²) in [6.45, 7) is 21.6. The molecule has 0 heterocycles. The normalized spacial score (nSPS) is 47.2. The predicted octanol–water partition coefficient (Wildman–Crippen LogP) is 7.32. The third kappa shape index (κ3) is 4.02. The van der Waals surface area contributed by atoms with Gasteiger partial charge in [0.05, 0.1) is 18.3 Å². The molecule has 0 saturated heterocycles. The molecule has 0 spiro atoms. The van der Waals surface area contributed by atoms with Crippen LogP contribution >= 0.6 is 0 Å². The monoisotopic (exact) mass is 486 g/mol. The molecule has 0 radical (unpaired) electrons. The largest absolute Gasteiger partial charge is 0.393 e. The van der Waals surface area contributed by atoms with Crippen molar-refractivity contribution in [2.24, 2.45) is 45.3 Å². The number of rotatable bonds is 6. The summed E-state index contributed by atoms with van der Waals surface area (Å²) < 4.78 is 6.59. The van der Waals surface area contributed by atoms with Gasteiger partial charge in [-0.1, -0.05) is 64.8 Å². The second kappa shape index (κ2) is 9.28. The van der Waals surface area contributed by atoms with E-state index in [2.05, 4.69) is 74.5 Å². The Kier molecular flexibility index (Phi) is 7.26. The van der Waals surface area contributed by atoms with Crippen LogP contribution in [0.4, 0.5) is 0 Å². The summed E-state index contributed by atoms with van der Waals surface area (Å²) in [5.41, 5.74) is 2.88. The van der Waals surface area contributed by atoms with Crippen LogP contribution in [0.25, 0.3) is 0 Å². The smallest absolute Gasteiger partial charge is 0.0797 e. The standard InChI is InChI=1S/C32H54O3/c1-10-35-25-18-23-22(14-15-26(34)29(23,5)6)30(7)16-17-31(8)27(21(4)13-11-12-20(2)3)24(33)19-32(31,9)28(25)30/h12,18,21-22,24-28,33-34H,10-11,13-17,19H2,1-9H3/t21-,22-,24+,25+,26+,27+,28-,30+,31-,32+/m1/s1. The predicted molar refractivity (Wildman–Crippen MR) is 145 cm³/mol. The van der Waals surface area contributed by atoms with Gasteiger partial charge in [-0.05, 0) is 99.7 Å². The third-order valence-electron chi connectivity index (χ3n) is 12.0. The summed E-state index contributed by atoms with van der Waals surface area (Å²) in [4.78, 5) is 0. The highest BCUT2D eigenvalue weighted by atomic mass is 16.5. The second-order valence-corrected chi connectivity index (χ2v) is 14.4. The number of aliphatic hydroxyl groups is 2. The zero-order chi connectivity index (χ0) is 26.0. The molecule has 0 aromatic carbocycles. The van der Waals surface area contributed by atoms with Gasteiger partial charge in [0.15, 0.2) is 0 Å². The second-order valence-electron chi connectivity index (χ2n) is 14.4. The molecule has 0 unspecified atom stereocenters. The van der Waals surface area contributed by atoms with Crippen molar-refractivity contribution in [1.29, 1.82) is 0 Å². The van der Waals surface area contributed by atoms with E-state index >= 15 is 0 Å². The molecule has 4 aliphatic rings. The van der Waals surface area contributed by atoms with Gasteiger partial charge in [0.1, 0.15) is 0 Å². The van der Waals surface area contributed by atoms with Crippen molar-refractivity contribution >= 4 is 0 Å². The first-order valence-electron chi connectivity index (χ1n) is 14.6. The minimum Gasteiger partial charge on any atom is -0.393 e. The van der Waals surface area contributed by atoms with Crippen molar-refractivity contribution in [2.45, 2.75) is 126 Å². The van der Waals surface area contributed by atoms with Crippen molar-refractivity contribution in [3.63, 3.8) is 0 Å². The Hall–Kier alpha value is -0.640. The molecule has 3 fully saturated rings. The molecule has 4 rings (SSSR count). The molecule has 3 nitrogen and oxygen atoms in total. The maximum atomic E-state index is 11.7. The molecule has 0 aliphatic heterocycles. The summed E-state index contributed by atoms with van der Waals surface area (Å²) in [5, 5.41) is 22.6. The van der Waals surface area contributed by atoms with Crippen LogP contribution in [-0.4, -0.2) is 35.1 Å². The van der Waals surface area contributed by atoms with E-state index in [1.54, 1.807) is 0 Å². The number of allylic oxidation sites excluding steroid dienone is 2. The third-order valence-corrected chi connectivity index (χ3v) is 12.0. The Labute approximate surface area is 215 Å². The quantitative estimate of drug-likeness (QED) is 0.387. The van der Waals surface area contributed by atoms with Crippen LogP contribution in [0.3, 0.4) is 0 Å². The van der Waals surface area contributed by atoms with Gasteiger partial charge in [0.2, 0.25) is 0 Å². The van der Waals surface area contributed by atoms with Crippen molar-refractivity contribution in [2.75, 3.05) is 6.61 Å². The van der Waals surface area contributed by atoms with Crippen molar-refractivity contribution < 1.29 is 14.9 Å². The van der Waals surface area contributed by atoms with Gasteiger partial charge in [0.25, 0.3) is 0 Å². The van der Waals surface area contributed by atoms with E-state index in [-0.39, 0.29) is 40.0 Å². The van der Waals surface area contributed by atoms with Crippen LogP contribution in [-0.2, 0) is 4.74 Å². The molecule has 35 heavy (non-hydrogen) atoms. The summed E-state index contributed by atoms with van der Waals surface area (Å²) >= 11 is 0. The zero-order valence-electron chi connectivity index (χ0n) is 24.2. The molecule has 3 heteroatoms. The average Bonchev–Trinajstić information content (AvgIpc) is 2.96. The lowest BCUT2D eigenvalue weighted by Crippen LogP contribution is -2.63. The fourth-order valence-electron chi connectivity index (χ4n) is 10.0. The van der Waals surface area contributed by atoms with Crippen LogP contribution in [0.15, 0.2) is 23.3 Å². The highest BCUT2D eigenvalue weighted by Crippen LogP contribution is 2.75. The average molecular weight is 487 g/mol. The molecule has 2 N–H and O–H groups in total. The Morgan fingerprint density at radius 3 is 2.40 bits per heavy atom. The lowest BCUT2D eigenvalue weighted by molar-refractivity contribution is -0.187. The van der Waals surface area contributed by atoms with Gasteiger partial charge >= 0.3 is 0 Å². The van der Waals surface area contributed by atoms with Gasteiger partial charge in [-0.2, -0.15) is 0 Å². The van der Waals surface area contributed by atoms with Gasteiger partial charge in [-0.3, -0.25) is 0 Å². The molecule has 200 valence electrons. The van der Waals surface area contributed by atoms with Gasteiger partial charge in [-0.15, -0.1) is 0 Å². The number of hydrogen-bond donors (Lipinski definition) is 2. The molecule has 0 bridgehead atoms. The first kappa shape index (κ1) is 27.4. The van der Waals surface area contributed by atoms with E-state index in [9.17, 15) is 10.2 Å². The fourth-order valence-corrected chi connectivity index (χ4v) is 10.0. The molecule has 0 aromatic rings. The van der Waals surface area contributed by atoms with E-state index in [1.165, 1.54) is 24.0 Å². The maximum Gasteiger partial charge on any atom is 0.0797 e. The number of ether oxygens (including phenoxy) is 1. The number of hydrogen-bond acceptors (Lipinski definition) is 3. The topological polar surface area (TPSA) is 49.7 Å². The summed E-state index contributed by atoms with van der Waals surface area (Å²) in [7, 11) is 0. The SMILES string of the molecule is CCO[C@H]1C=C2[C@@H](CC[C@H](O)C2(C)C)[C@]2(C)CC[C@]3(C)[C@@H]([C@H](C)CCC=C(C)C)[C@@H](O)C[C@@]3(C)[C@H]12. The Morgan fingerprint density at radius 2 is 1.77 bits per heavy atom. The first-order chi connectivity index (χ1) is 16.2. The van der Waals surface area contributed by atoms with E-state index in [1.807, 2.05) is 0 Å². The maximum absolute atomic E-state index is 11.7. The Balaban J connectivity index is 1.76. The molecule has 0 amide bonds. The Morgan fingerprint density at radius 1 is 1.09 bits per heavy atom. The fraction of sp³-hybridized carbons (Fsp3) is 0.875. The van der Waals surface area contributed by atoms with Crippen LogP contribution in [0.5, 0.6) is 0 Å². The minimum atomic E-state index is -0.281. The van der Waals surface area contributed by atoms with E-state index < -0.39 is 0 Å². The van der Waals surface area contributed by atoms with E-state index in [4.69, 9.17) is 4.74 Å². The Bertz CT molecular complexity index is 853. The summed E-state index contributed by atoms with van der Waals surface area (Å²) in [6.07, 6.45) is 11.8. The zero-order valence-corrected chi connectivity index (χ0v) is 24.2. The minimum absolute atomic E-state index is 0.0247. The van der Waals surface area contributed by atoms with Crippen LogP contribution in [0, 0.1) is 45.3 Å². The van der Waals surface area contributed by atoms with Crippen molar-refractivity contribution in [1.82, 2.24) is 0 Å². The molecule has 3 saturated carbocycles. The van der Waals surface area contributed by atoms with Crippen molar-refractivity contribution in [3.8, 4) is 0 Å². The van der Waals surface area contributed by atoms with Crippen LogP contribution in [0.1, 0.15) is 107 Å². The summed E-state index contributed by atoms with van der Waals surface area (Å²) in [6, 6.07) is 0. The van der Waals surface area contributed by atoms with E-state index in [0.29, 0.717) is 30.3 Å². The molecule has 10 atom stereocenters. The van der Waals surface area contributed by atoms with Gasteiger partial charge in [0, 0.05) is 17.9 Å². The molecule has 0 aromatic heterocycles. The van der Waals surface area contributed by atoms with Gasteiger partial charge in [-0.25, -0.2) is 0 Å².